The van der Waals surface area contributed by atoms with E-state index in [0.29, 0.717) is 13.1 Å². The molecule has 1 fully saturated rings. The summed E-state index contributed by atoms with van der Waals surface area (Å²) in [6.45, 7) is 1.01. The van der Waals surface area contributed by atoms with Gasteiger partial charge >= 0.3 is 0 Å². The molecule has 1 saturated heterocycles. The van der Waals surface area contributed by atoms with Crippen molar-refractivity contribution >= 4 is 5.91 Å². The van der Waals surface area contributed by atoms with Crippen molar-refractivity contribution in [1.29, 1.82) is 0 Å². The number of aliphatic hydroxyl groups is 1. The number of nitrogens with zero attached hydrogens (tertiary/aromatic N) is 1. The van der Waals surface area contributed by atoms with E-state index in [1.165, 1.54) is 11.0 Å². The van der Waals surface area contributed by atoms with Crippen molar-refractivity contribution in [3.63, 3.8) is 0 Å². The molecule has 1 aliphatic heterocycles. The van der Waals surface area contributed by atoms with Crippen LogP contribution in [0.2, 0.25) is 0 Å². The lowest BCUT2D eigenvalue weighted by molar-refractivity contribution is 0.0359. The van der Waals surface area contributed by atoms with Gasteiger partial charge in [0.25, 0.3) is 5.91 Å². The summed E-state index contributed by atoms with van der Waals surface area (Å²) in [7, 11) is 0. The number of aliphatic hydroxyl groups excluding tert-OH is 1. The van der Waals surface area contributed by atoms with E-state index < -0.39 is 5.82 Å². The van der Waals surface area contributed by atoms with Gasteiger partial charge in [0.15, 0.2) is 0 Å². The Hall–Kier alpha value is -1.62. The lowest BCUT2D eigenvalue weighted by atomic mass is 10.00. The Morgan fingerprint density at radius 2 is 2.19 bits per heavy atom. The quantitative estimate of drug-likeness (QED) is 0.774. The number of hydrogen-bond acceptors (Lipinski definition) is 3. The number of carbonyl (C=O) groups is 1. The van der Waals surface area contributed by atoms with Crippen LogP contribution in [0.5, 0.6) is 5.75 Å². The minimum atomic E-state index is -0.578. The minimum absolute atomic E-state index is 0.0547. The molecule has 0 aliphatic carbocycles. The molecule has 1 aromatic carbocycles. The average Bonchev–Trinajstić information content (AvgIpc) is 2.15. The van der Waals surface area contributed by atoms with Gasteiger partial charge in [-0.2, -0.15) is 0 Å². The second kappa shape index (κ2) is 4.09. The first-order chi connectivity index (χ1) is 7.61. The van der Waals surface area contributed by atoms with Crippen molar-refractivity contribution in [2.75, 3.05) is 19.7 Å². The molecule has 0 aromatic heterocycles. The molecular formula is C11H12FNO3. The van der Waals surface area contributed by atoms with Gasteiger partial charge in [-0.05, 0) is 12.1 Å². The van der Waals surface area contributed by atoms with Crippen LogP contribution in [0.3, 0.4) is 0 Å². The smallest absolute Gasteiger partial charge is 0.257 e. The predicted molar refractivity (Wildman–Crippen MR) is 54.5 cm³/mol. The normalized spacial score (nSPS) is 16.0. The van der Waals surface area contributed by atoms with Crippen LogP contribution >= 0.6 is 0 Å². The number of carbonyl (C=O) groups excluding carboxylic acids is 1. The molecule has 0 bridgehead atoms. The predicted octanol–water partition coefficient (Wildman–Crippen LogP) is 0.596. The van der Waals surface area contributed by atoms with E-state index in [1.54, 1.807) is 0 Å². The van der Waals surface area contributed by atoms with Gasteiger partial charge in [-0.15, -0.1) is 0 Å². The number of hydrogen-bond donors (Lipinski definition) is 2. The number of phenols is 1. The standard InChI is InChI=1S/C11H12FNO3/c12-8-1-2-9(10(15)3-8)11(16)13-4-7(5-13)6-14/h1-3,7,14-15H,4-6H2. The molecule has 1 aromatic rings. The van der Waals surface area contributed by atoms with E-state index in [1.807, 2.05) is 0 Å². The summed E-state index contributed by atoms with van der Waals surface area (Å²) in [5.74, 6) is -1.14. The zero-order valence-electron chi connectivity index (χ0n) is 8.56. The van der Waals surface area contributed by atoms with Crippen molar-refractivity contribution in [2.45, 2.75) is 0 Å². The maximum atomic E-state index is 12.7. The average molecular weight is 225 g/mol. The van der Waals surface area contributed by atoms with E-state index >= 15 is 0 Å². The van der Waals surface area contributed by atoms with Crippen LogP contribution in [0, 0.1) is 11.7 Å². The third kappa shape index (κ3) is 1.86. The highest BCUT2D eigenvalue weighted by Gasteiger charge is 2.31. The summed E-state index contributed by atoms with van der Waals surface area (Å²) in [6, 6.07) is 3.31. The molecule has 16 heavy (non-hydrogen) atoms. The topological polar surface area (TPSA) is 60.8 Å². The molecule has 0 saturated carbocycles. The SMILES string of the molecule is O=C(c1ccc(F)cc1O)N1CC(CO)C1. The van der Waals surface area contributed by atoms with Gasteiger partial charge in [-0.1, -0.05) is 0 Å². The summed E-state index contributed by atoms with van der Waals surface area (Å²) >= 11 is 0. The number of rotatable bonds is 2. The molecule has 86 valence electrons. The van der Waals surface area contributed by atoms with Crippen LogP contribution < -0.4 is 0 Å². The fourth-order valence-electron chi connectivity index (χ4n) is 1.71. The van der Waals surface area contributed by atoms with Crippen molar-refractivity contribution in [3.8, 4) is 5.75 Å². The molecule has 5 heteroatoms. The Morgan fingerprint density at radius 3 is 2.75 bits per heavy atom. The van der Waals surface area contributed by atoms with E-state index in [0.717, 1.165) is 12.1 Å². The molecular weight excluding hydrogens is 213 g/mol. The van der Waals surface area contributed by atoms with Gasteiger partial charge < -0.3 is 15.1 Å². The molecule has 1 heterocycles. The summed E-state index contributed by atoms with van der Waals surface area (Å²) < 4.78 is 12.7. The first kappa shape index (κ1) is 10.9. The number of amides is 1. The molecule has 1 aliphatic rings. The number of aromatic hydroxyl groups is 1. The molecule has 4 nitrogen and oxygen atoms in total. The number of halogens is 1. The number of benzene rings is 1. The van der Waals surface area contributed by atoms with E-state index in [4.69, 9.17) is 5.11 Å². The number of likely N-dealkylation sites (tertiary alicyclic amines) is 1. The van der Waals surface area contributed by atoms with Crippen LogP contribution in [0.15, 0.2) is 18.2 Å². The van der Waals surface area contributed by atoms with Gasteiger partial charge in [0.1, 0.15) is 11.6 Å². The maximum absolute atomic E-state index is 12.7. The molecule has 0 unspecified atom stereocenters. The van der Waals surface area contributed by atoms with Crippen LogP contribution in [-0.4, -0.2) is 40.7 Å². The Balaban J connectivity index is 2.10. The Labute approximate surface area is 91.9 Å². The maximum Gasteiger partial charge on any atom is 0.257 e. The fraction of sp³-hybridized carbons (Fsp3) is 0.364. The largest absolute Gasteiger partial charge is 0.507 e. The van der Waals surface area contributed by atoms with Gasteiger partial charge in [-0.3, -0.25) is 4.79 Å². The molecule has 2 N–H and O–H groups in total. The van der Waals surface area contributed by atoms with Crippen molar-refractivity contribution in [2.24, 2.45) is 5.92 Å². The van der Waals surface area contributed by atoms with Gasteiger partial charge in [0, 0.05) is 31.7 Å². The highest BCUT2D eigenvalue weighted by atomic mass is 19.1. The van der Waals surface area contributed by atoms with Crippen molar-refractivity contribution in [1.82, 2.24) is 4.90 Å². The Bertz CT molecular complexity index is 416. The van der Waals surface area contributed by atoms with Gasteiger partial charge in [0.05, 0.1) is 5.56 Å². The van der Waals surface area contributed by atoms with Crippen molar-refractivity contribution in [3.05, 3.63) is 29.6 Å². The molecule has 1 amide bonds. The lowest BCUT2D eigenvalue weighted by Gasteiger charge is -2.38. The van der Waals surface area contributed by atoms with E-state index in [-0.39, 0.29) is 29.7 Å². The summed E-state index contributed by atoms with van der Waals surface area (Å²) in [5.41, 5.74) is 0.0952. The zero-order valence-corrected chi connectivity index (χ0v) is 8.56. The second-order valence-electron chi connectivity index (χ2n) is 3.92. The van der Waals surface area contributed by atoms with Gasteiger partial charge in [0.2, 0.25) is 0 Å². The minimum Gasteiger partial charge on any atom is -0.507 e. The van der Waals surface area contributed by atoms with E-state index in [9.17, 15) is 14.3 Å². The zero-order chi connectivity index (χ0) is 11.7. The monoisotopic (exact) mass is 225 g/mol. The summed E-state index contributed by atoms with van der Waals surface area (Å²) in [5, 5.41) is 18.2. The van der Waals surface area contributed by atoms with Gasteiger partial charge in [-0.25, -0.2) is 4.39 Å². The first-order valence-electron chi connectivity index (χ1n) is 5.00. The molecule has 0 atom stereocenters. The lowest BCUT2D eigenvalue weighted by Crippen LogP contribution is -2.51. The Morgan fingerprint density at radius 1 is 1.50 bits per heavy atom. The molecule has 0 radical (unpaired) electrons. The van der Waals surface area contributed by atoms with Crippen LogP contribution in [0.25, 0.3) is 0 Å². The molecule has 0 spiro atoms. The van der Waals surface area contributed by atoms with Crippen LogP contribution in [0.4, 0.5) is 4.39 Å². The highest BCUT2D eigenvalue weighted by Crippen LogP contribution is 2.24. The van der Waals surface area contributed by atoms with Crippen LogP contribution in [0.1, 0.15) is 10.4 Å². The number of phenolic OH excluding ortho intramolecular Hbond substituents is 1. The van der Waals surface area contributed by atoms with E-state index in [2.05, 4.69) is 0 Å². The third-order valence-electron chi connectivity index (χ3n) is 2.69. The molecule has 2 rings (SSSR count). The summed E-state index contributed by atoms with van der Waals surface area (Å²) in [4.78, 5) is 13.3. The summed E-state index contributed by atoms with van der Waals surface area (Å²) in [6.07, 6.45) is 0. The Kier molecular flexibility index (Phi) is 2.78. The van der Waals surface area contributed by atoms with Crippen molar-refractivity contribution < 1.29 is 19.4 Å². The fourth-order valence-corrected chi connectivity index (χ4v) is 1.71. The van der Waals surface area contributed by atoms with Crippen LogP contribution in [-0.2, 0) is 0 Å². The third-order valence-corrected chi connectivity index (χ3v) is 2.69. The second-order valence-corrected chi connectivity index (χ2v) is 3.92. The highest BCUT2D eigenvalue weighted by molar-refractivity contribution is 5.97. The first-order valence-corrected chi connectivity index (χ1v) is 5.00.